The lowest BCUT2D eigenvalue weighted by molar-refractivity contribution is -0.125. The van der Waals surface area contributed by atoms with Crippen LogP contribution in [0.4, 0.5) is 4.39 Å². The third kappa shape index (κ3) is 3.91. The Labute approximate surface area is 139 Å². The number of imidazole rings is 1. The van der Waals surface area contributed by atoms with Gasteiger partial charge in [-0.05, 0) is 31.4 Å². The molecule has 1 saturated carbocycles. The summed E-state index contributed by atoms with van der Waals surface area (Å²) in [5.41, 5.74) is 0. The maximum Gasteiger partial charge on any atom is 0.258 e. The lowest BCUT2D eigenvalue weighted by Crippen LogP contribution is -2.50. The van der Waals surface area contributed by atoms with Crippen LogP contribution in [0.25, 0.3) is 0 Å². The Morgan fingerprint density at radius 2 is 2.33 bits per heavy atom. The number of benzene rings is 1. The predicted octanol–water partition coefficient (Wildman–Crippen LogP) is 1.67. The van der Waals surface area contributed by atoms with Crippen molar-refractivity contribution in [2.24, 2.45) is 0 Å². The van der Waals surface area contributed by atoms with Gasteiger partial charge in [0.05, 0.1) is 24.5 Å². The Morgan fingerprint density at radius 1 is 1.46 bits per heavy atom. The predicted molar refractivity (Wildman–Crippen MR) is 84.9 cm³/mol. The molecule has 7 heteroatoms. The molecule has 0 aliphatic heterocycles. The minimum Gasteiger partial charge on any atom is -0.484 e. The van der Waals surface area contributed by atoms with Crippen molar-refractivity contribution in [1.29, 1.82) is 0 Å². The molecule has 128 valence electrons. The van der Waals surface area contributed by atoms with Gasteiger partial charge in [0.2, 0.25) is 0 Å². The maximum atomic E-state index is 13.1. The average Bonchev–Trinajstić information content (AvgIpc) is 3.09. The number of carbonyl (C=O) groups excluding carboxylic acids is 1. The summed E-state index contributed by atoms with van der Waals surface area (Å²) in [6, 6.07) is 5.19. The number of nitrogens with one attached hydrogen (secondary N) is 1. The van der Waals surface area contributed by atoms with Crippen molar-refractivity contribution in [3.8, 4) is 5.75 Å². The van der Waals surface area contributed by atoms with E-state index in [2.05, 4.69) is 10.3 Å². The molecule has 0 bridgehead atoms. The second-order valence-electron chi connectivity index (χ2n) is 5.92. The quantitative estimate of drug-likeness (QED) is 0.873. The molecule has 6 nitrogen and oxygen atoms in total. The largest absolute Gasteiger partial charge is 0.484 e. The number of aliphatic hydroxyl groups is 1. The number of hydrogen-bond donors (Lipinski definition) is 2. The van der Waals surface area contributed by atoms with Gasteiger partial charge in [0.25, 0.3) is 5.91 Å². The molecular formula is C17H20FN3O3. The highest BCUT2D eigenvalue weighted by molar-refractivity contribution is 5.77. The summed E-state index contributed by atoms with van der Waals surface area (Å²) in [6.45, 7) is -0.220. The highest BCUT2D eigenvalue weighted by Gasteiger charge is 2.33. The Morgan fingerprint density at radius 3 is 3.08 bits per heavy atom. The van der Waals surface area contributed by atoms with E-state index >= 15 is 0 Å². The Bertz CT molecular complexity index is 677. The van der Waals surface area contributed by atoms with Crippen LogP contribution in [0.2, 0.25) is 0 Å². The molecule has 3 atom stereocenters. The summed E-state index contributed by atoms with van der Waals surface area (Å²) < 4.78 is 20.2. The summed E-state index contributed by atoms with van der Waals surface area (Å²) in [4.78, 5) is 16.0. The van der Waals surface area contributed by atoms with E-state index in [1.807, 2.05) is 10.8 Å². The van der Waals surface area contributed by atoms with Crippen LogP contribution >= 0.6 is 0 Å². The topological polar surface area (TPSA) is 76.4 Å². The molecule has 1 fully saturated rings. The van der Waals surface area contributed by atoms with Crippen molar-refractivity contribution in [3.63, 3.8) is 0 Å². The Hall–Kier alpha value is -2.41. The van der Waals surface area contributed by atoms with E-state index in [0.717, 1.165) is 12.8 Å². The standard InChI is InChI=1S/C17H20FN3O3/c18-12-3-1-4-13(9-12)24-10-16(22)20-14-5-2-6-15(17(14)23)21-8-7-19-11-21/h1,3-4,7-9,11,14-15,17,23H,2,5-6,10H2,(H,20,22)/t14-,15-,17-/m1/s1. The lowest BCUT2D eigenvalue weighted by atomic mass is 9.88. The molecule has 24 heavy (non-hydrogen) atoms. The fourth-order valence-corrected chi connectivity index (χ4v) is 3.06. The number of carbonyl (C=O) groups is 1. The van der Waals surface area contributed by atoms with Gasteiger partial charge >= 0.3 is 0 Å². The van der Waals surface area contributed by atoms with Gasteiger partial charge in [0, 0.05) is 18.5 Å². The SMILES string of the molecule is O=C(COc1cccc(F)c1)N[C@@H]1CCC[C@@H](n2ccnc2)[C@@H]1O. The van der Waals surface area contributed by atoms with Crippen LogP contribution < -0.4 is 10.1 Å². The average molecular weight is 333 g/mol. The lowest BCUT2D eigenvalue weighted by Gasteiger charge is -2.35. The fourth-order valence-electron chi connectivity index (χ4n) is 3.06. The number of amides is 1. The van der Waals surface area contributed by atoms with Gasteiger partial charge < -0.3 is 19.7 Å². The zero-order chi connectivity index (χ0) is 16.9. The number of hydrogen-bond acceptors (Lipinski definition) is 4. The van der Waals surface area contributed by atoms with Crippen LogP contribution in [0.3, 0.4) is 0 Å². The van der Waals surface area contributed by atoms with Gasteiger partial charge in [-0.15, -0.1) is 0 Å². The van der Waals surface area contributed by atoms with E-state index in [4.69, 9.17) is 4.74 Å². The summed E-state index contributed by atoms with van der Waals surface area (Å²) >= 11 is 0. The zero-order valence-electron chi connectivity index (χ0n) is 13.1. The van der Waals surface area contributed by atoms with E-state index in [1.54, 1.807) is 18.6 Å². The summed E-state index contributed by atoms with van der Waals surface area (Å²) in [5.74, 6) is -0.459. The minimum atomic E-state index is -0.689. The zero-order valence-corrected chi connectivity index (χ0v) is 13.1. The van der Waals surface area contributed by atoms with E-state index in [-0.39, 0.29) is 24.6 Å². The first kappa shape index (κ1) is 16.4. The summed E-state index contributed by atoms with van der Waals surface area (Å²) in [7, 11) is 0. The first-order valence-corrected chi connectivity index (χ1v) is 7.97. The molecule has 1 amide bonds. The number of rotatable bonds is 5. The van der Waals surface area contributed by atoms with Gasteiger partial charge in [-0.25, -0.2) is 9.37 Å². The Kier molecular flexibility index (Phi) is 5.10. The van der Waals surface area contributed by atoms with Gasteiger partial charge in [-0.1, -0.05) is 6.07 Å². The monoisotopic (exact) mass is 333 g/mol. The highest BCUT2D eigenvalue weighted by atomic mass is 19.1. The molecular weight excluding hydrogens is 313 g/mol. The van der Waals surface area contributed by atoms with E-state index in [1.165, 1.54) is 18.2 Å². The van der Waals surface area contributed by atoms with Crippen LogP contribution in [0.15, 0.2) is 43.0 Å². The van der Waals surface area contributed by atoms with Crippen molar-refractivity contribution in [3.05, 3.63) is 48.8 Å². The summed E-state index contributed by atoms with van der Waals surface area (Å²) in [5, 5.41) is 13.3. The Balaban J connectivity index is 1.53. The van der Waals surface area contributed by atoms with Crippen LogP contribution in [-0.2, 0) is 4.79 Å². The van der Waals surface area contributed by atoms with E-state index in [9.17, 15) is 14.3 Å². The van der Waals surface area contributed by atoms with E-state index in [0.29, 0.717) is 12.2 Å². The number of aliphatic hydroxyl groups excluding tert-OH is 1. The molecule has 0 unspecified atom stereocenters. The number of nitrogens with zero attached hydrogens (tertiary/aromatic N) is 2. The van der Waals surface area contributed by atoms with Crippen molar-refractivity contribution in [1.82, 2.24) is 14.9 Å². The normalized spacial score (nSPS) is 23.7. The van der Waals surface area contributed by atoms with Crippen molar-refractivity contribution in [2.45, 2.75) is 37.5 Å². The van der Waals surface area contributed by atoms with Crippen LogP contribution in [-0.4, -0.2) is 39.3 Å². The van der Waals surface area contributed by atoms with Crippen molar-refractivity contribution in [2.75, 3.05) is 6.61 Å². The summed E-state index contributed by atoms with van der Waals surface area (Å²) in [6.07, 6.45) is 6.90. The molecule has 2 aromatic rings. The van der Waals surface area contributed by atoms with Crippen LogP contribution in [0, 0.1) is 5.82 Å². The van der Waals surface area contributed by atoms with Gasteiger partial charge in [0.1, 0.15) is 11.6 Å². The van der Waals surface area contributed by atoms with Crippen molar-refractivity contribution < 1.29 is 19.0 Å². The van der Waals surface area contributed by atoms with Crippen LogP contribution in [0.1, 0.15) is 25.3 Å². The molecule has 2 N–H and O–H groups in total. The fraction of sp³-hybridized carbons (Fsp3) is 0.412. The molecule has 1 aliphatic carbocycles. The molecule has 1 aromatic carbocycles. The minimum absolute atomic E-state index is 0.101. The van der Waals surface area contributed by atoms with Gasteiger partial charge in [0.15, 0.2) is 6.61 Å². The molecule has 0 saturated heterocycles. The second-order valence-corrected chi connectivity index (χ2v) is 5.92. The molecule has 1 aliphatic rings. The van der Waals surface area contributed by atoms with E-state index < -0.39 is 11.9 Å². The molecule has 0 spiro atoms. The number of ether oxygens (including phenoxy) is 1. The first-order valence-electron chi connectivity index (χ1n) is 7.97. The van der Waals surface area contributed by atoms with Crippen molar-refractivity contribution >= 4 is 5.91 Å². The van der Waals surface area contributed by atoms with Crippen LogP contribution in [0.5, 0.6) is 5.75 Å². The molecule has 1 aromatic heterocycles. The first-order chi connectivity index (χ1) is 11.6. The van der Waals surface area contributed by atoms with Gasteiger partial charge in [-0.3, -0.25) is 4.79 Å². The van der Waals surface area contributed by atoms with Gasteiger partial charge in [-0.2, -0.15) is 0 Å². The molecule has 0 radical (unpaired) electrons. The smallest absolute Gasteiger partial charge is 0.258 e. The third-order valence-electron chi connectivity index (χ3n) is 4.24. The highest BCUT2D eigenvalue weighted by Crippen LogP contribution is 2.28. The number of aromatic nitrogens is 2. The molecule has 1 heterocycles. The maximum absolute atomic E-state index is 13.1. The third-order valence-corrected chi connectivity index (χ3v) is 4.24. The second kappa shape index (κ2) is 7.44. The number of halogens is 1. The molecule has 3 rings (SSSR count).